The highest BCUT2D eigenvalue weighted by Gasteiger charge is 2.21. The fourth-order valence-electron chi connectivity index (χ4n) is 2.94. The average Bonchev–Trinajstić information content (AvgIpc) is 2.51. The topological polar surface area (TPSA) is 7.68 Å². The van der Waals surface area contributed by atoms with Crippen LogP contribution in [-0.4, -0.2) is 26.2 Å². The van der Waals surface area contributed by atoms with Crippen LogP contribution in [0.5, 0.6) is 0 Å². The summed E-state index contributed by atoms with van der Waals surface area (Å²) >= 11 is 6.29. The van der Waals surface area contributed by atoms with Crippen LogP contribution in [-0.2, 0) is 6.54 Å². The van der Waals surface area contributed by atoms with Gasteiger partial charge in [0.25, 0.3) is 0 Å². The van der Waals surface area contributed by atoms with Crippen LogP contribution in [0, 0.1) is 6.92 Å². The Hall–Kier alpha value is -1.51. The molecule has 0 aliphatic carbocycles. The summed E-state index contributed by atoms with van der Waals surface area (Å²) in [5, 5.41) is 0.861. The van der Waals surface area contributed by atoms with Crippen LogP contribution in [0.2, 0.25) is 5.02 Å². The molecule has 1 saturated heterocycles. The quantitative estimate of drug-likeness (QED) is 0.915. The van der Waals surface area contributed by atoms with Crippen molar-refractivity contribution in [2.75, 3.05) is 31.1 Å². The summed E-state index contributed by atoms with van der Waals surface area (Å²) in [6, 6.07) is 17.1. The van der Waals surface area contributed by atoms with Gasteiger partial charge in [-0.15, -0.1) is 0 Å². The zero-order chi connectivity index (χ0) is 14.7. The highest BCUT2D eigenvalue weighted by atomic mass is 35.5. The van der Waals surface area contributed by atoms with Gasteiger partial charge >= 0.3 is 0 Å². The fourth-order valence-corrected chi connectivity index (χ4v) is 3.20. The van der Waals surface area contributed by atoms with Crippen molar-refractivity contribution in [1.82, 2.24) is 0 Å². The van der Waals surface area contributed by atoms with Crippen LogP contribution < -0.4 is 9.80 Å². The van der Waals surface area contributed by atoms with Crippen LogP contribution in [0.1, 0.15) is 11.1 Å². The van der Waals surface area contributed by atoms with Gasteiger partial charge in [-0.25, -0.2) is 0 Å². The highest BCUT2D eigenvalue weighted by Crippen LogP contribution is 2.24. The van der Waals surface area contributed by atoms with Crippen molar-refractivity contribution in [3.63, 3.8) is 0 Å². The van der Waals surface area contributed by atoms with Gasteiger partial charge in [-0.3, -0.25) is 0 Å². The largest absolute Gasteiger partial charge is 0.359 e. The first-order valence-corrected chi connectivity index (χ1v) is 7.99. The molecule has 2 nitrogen and oxygen atoms in total. The van der Waals surface area contributed by atoms with Gasteiger partial charge < -0.3 is 9.80 Å². The molecule has 21 heavy (non-hydrogen) atoms. The standard InChI is InChI=1S/C18H21ClN2/c1-15-6-8-16(9-7-15)14-20-10-12-21(13-11-20)18-5-3-2-4-17(18)19/h2-9H,10-14H2,1H3/p+1. The van der Waals surface area contributed by atoms with Crippen molar-refractivity contribution < 1.29 is 4.90 Å². The molecule has 0 aromatic heterocycles. The first-order valence-electron chi connectivity index (χ1n) is 7.61. The Morgan fingerprint density at radius 2 is 1.67 bits per heavy atom. The maximum absolute atomic E-state index is 6.29. The molecule has 2 aromatic rings. The van der Waals surface area contributed by atoms with Crippen molar-refractivity contribution in [2.24, 2.45) is 0 Å². The minimum absolute atomic E-state index is 0.861. The molecule has 0 amide bonds. The first kappa shape index (κ1) is 14.4. The average molecular weight is 302 g/mol. The molecule has 1 aliphatic rings. The van der Waals surface area contributed by atoms with E-state index in [2.05, 4.69) is 48.2 Å². The number of anilines is 1. The summed E-state index contributed by atoms with van der Waals surface area (Å²) in [4.78, 5) is 4.06. The first-order chi connectivity index (χ1) is 10.2. The van der Waals surface area contributed by atoms with Gasteiger partial charge in [0.2, 0.25) is 0 Å². The molecule has 0 spiro atoms. The lowest BCUT2D eigenvalue weighted by atomic mass is 10.1. The summed E-state index contributed by atoms with van der Waals surface area (Å²) in [5.41, 5.74) is 3.94. The normalized spacial score (nSPS) is 16.2. The number of piperazine rings is 1. The molecular weight excluding hydrogens is 280 g/mol. The lowest BCUT2D eigenvalue weighted by Gasteiger charge is -2.34. The SMILES string of the molecule is Cc1ccc(C[NH+]2CCN(c3ccccc3Cl)CC2)cc1. The number of para-hydroxylation sites is 1. The van der Waals surface area contributed by atoms with Crippen molar-refractivity contribution in [2.45, 2.75) is 13.5 Å². The zero-order valence-corrected chi connectivity index (χ0v) is 13.2. The Kier molecular flexibility index (Phi) is 4.47. The number of nitrogens with one attached hydrogen (secondary N) is 1. The van der Waals surface area contributed by atoms with E-state index >= 15 is 0 Å². The highest BCUT2D eigenvalue weighted by molar-refractivity contribution is 6.33. The molecule has 3 heteroatoms. The Bertz CT molecular complexity index is 586. The maximum atomic E-state index is 6.29. The molecule has 0 bridgehead atoms. The molecule has 3 rings (SSSR count). The van der Waals surface area contributed by atoms with Crippen LogP contribution in [0.15, 0.2) is 48.5 Å². The number of rotatable bonds is 3. The lowest BCUT2D eigenvalue weighted by molar-refractivity contribution is -0.914. The van der Waals surface area contributed by atoms with Crippen molar-refractivity contribution in [3.8, 4) is 0 Å². The molecule has 0 unspecified atom stereocenters. The van der Waals surface area contributed by atoms with E-state index in [9.17, 15) is 0 Å². The third-order valence-electron chi connectivity index (χ3n) is 4.24. The summed E-state index contributed by atoms with van der Waals surface area (Å²) < 4.78 is 0. The third-order valence-corrected chi connectivity index (χ3v) is 4.56. The molecule has 1 heterocycles. The monoisotopic (exact) mass is 301 g/mol. The van der Waals surface area contributed by atoms with Gasteiger partial charge in [-0.2, -0.15) is 0 Å². The number of nitrogens with zero attached hydrogens (tertiary/aromatic N) is 1. The number of quaternary nitrogens is 1. The van der Waals surface area contributed by atoms with Gasteiger partial charge in [-0.05, 0) is 19.1 Å². The minimum Gasteiger partial charge on any atom is -0.359 e. The van der Waals surface area contributed by atoms with E-state index in [4.69, 9.17) is 11.6 Å². The van der Waals surface area contributed by atoms with Gasteiger partial charge in [0.1, 0.15) is 6.54 Å². The number of halogens is 1. The van der Waals surface area contributed by atoms with Crippen LogP contribution in [0.25, 0.3) is 0 Å². The van der Waals surface area contributed by atoms with E-state index < -0.39 is 0 Å². The van der Waals surface area contributed by atoms with E-state index in [1.807, 2.05) is 12.1 Å². The molecule has 0 radical (unpaired) electrons. The second-order valence-corrected chi connectivity index (χ2v) is 6.26. The maximum Gasteiger partial charge on any atom is 0.103 e. The van der Waals surface area contributed by atoms with Crippen molar-refractivity contribution in [1.29, 1.82) is 0 Å². The Balaban J connectivity index is 1.58. The van der Waals surface area contributed by atoms with E-state index in [1.165, 1.54) is 29.9 Å². The number of hydrogen-bond acceptors (Lipinski definition) is 1. The van der Waals surface area contributed by atoms with Crippen LogP contribution in [0.3, 0.4) is 0 Å². The second-order valence-electron chi connectivity index (χ2n) is 5.85. The zero-order valence-electron chi connectivity index (χ0n) is 12.5. The molecule has 0 atom stereocenters. The number of hydrogen-bond donors (Lipinski definition) is 1. The number of aryl methyl sites for hydroxylation is 1. The van der Waals surface area contributed by atoms with E-state index in [0.717, 1.165) is 24.7 Å². The van der Waals surface area contributed by atoms with Gasteiger partial charge in [0.15, 0.2) is 0 Å². The second kappa shape index (κ2) is 6.50. The molecule has 110 valence electrons. The van der Waals surface area contributed by atoms with Crippen LogP contribution in [0.4, 0.5) is 5.69 Å². The number of benzene rings is 2. The molecule has 1 N–H and O–H groups in total. The lowest BCUT2D eigenvalue weighted by Crippen LogP contribution is -3.13. The predicted molar refractivity (Wildman–Crippen MR) is 89.2 cm³/mol. The molecule has 0 saturated carbocycles. The third kappa shape index (κ3) is 3.58. The van der Waals surface area contributed by atoms with E-state index in [-0.39, 0.29) is 0 Å². The van der Waals surface area contributed by atoms with Gasteiger partial charge in [0.05, 0.1) is 36.9 Å². The summed E-state index contributed by atoms with van der Waals surface area (Å²) in [6.45, 7) is 7.74. The Morgan fingerprint density at radius 3 is 2.33 bits per heavy atom. The summed E-state index contributed by atoms with van der Waals surface area (Å²) in [7, 11) is 0. The molecule has 1 aliphatic heterocycles. The van der Waals surface area contributed by atoms with Crippen molar-refractivity contribution in [3.05, 3.63) is 64.7 Å². The Labute approximate surface area is 131 Å². The van der Waals surface area contributed by atoms with E-state index in [1.54, 1.807) is 4.90 Å². The smallest absolute Gasteiger partial charge is 0.103 e. The molecule has 2 aromatic carbocycles. The molecule has 1 fully saturated rings. The fraction of sp³-hybridized carbons (Fsp3) is 0.333. The summed E-state index contributed by atoms with van der Waals surface area (Å²) in [5.74, 6) is 0. The van der Waals surface area contributed by atoms with Gasteiger partial charge in [-0.1, -0.05) is 53.6 Å². The molecular formula is C18H22ClN2+. The van der Waals surface area contributed by atoms with Crippen molar-refractivity contribution >= 4 is 17.3 Å². The summed E-state index contributed by atoms with van der Waals surface area (Å²) in [6.07, 6.45) is 0. The van der Waals surface area contributed by atoms with Gasteiger partial charge in [0, 0.05) is 5.56 Å². The van der Waals surface area contributed by atoms with Crippen LogP contribution >= 0.6 is 11.6 Å². The predicted octanol–water partition coefficient (Wildman–Crippen LogP) is 2.55. The van der Waals surface area contributed by atoms with E-state index in [0.29, 0.717) is 0 Å². The minimum atomic E-state index is 0.861. The Morgan fingerprint density at radius 1 is 1.00 bits per heavy atom.